The normalized spacial score (nSPS) is 11.4. The first-order valence-electron chi connectivity index (χ1n) is 7.92. The third kappa shape index (κ3) is 4.37. The first kappa shape index (κ1) is 18.5. The van der Waals surface area contributed by atoms with Crippen LogP contribution in [-0.2, 0) is 5.41 Å². The molecule has 0 aliphatic rings. The van der Waals surface area contributed by atoms with Gasteiger partial charge in [0.25, 0.3) is 0 Å². The minimum Gasteiger partial charge on any atom is -0.432 e. The van der Waals surface area contributed by atoms with E-state index in [4.69, 9.17) is 4.74 Å². The largest absolute Gasteiger partial charge is 0.432 e. The SMILES string of the molecule is CC(C)c1nc(Oc2cc(C=O)ccc2[N+](=O)[O-])cc(C(C)(C)C)n1. The van der Waals surface area contributed by atoms with E-state index in [1.165, 1.54) is 18.2 Å². The summed E-state index contributed by atoms with van der Waals surface area (Å²) in [5.74, 6) is 0.857. The maximum atomic E-state index is 11.2. The molecule has 0 bridgehead atoms. The molecule has 0 aliphatic heterocycles. The number of nitro groups is 1. The lowest BCUT2D eigenvalue weighted by Gasteiger charge is -2.20. The highest BCUT2D eigenvalue weighted by atomic mass is 16.6. The van der Waals surface area contributed by atoms with Crippen molar-refractivity contribution >= 4 is 12.0 Å². The molecular formula is C18H21N3O4. The van der Waals surface area contributed by atoms with Crippen molar-refractivity contribution in [2.45, 2.75) is 46.0 Å². The Labute approximate surface area is 146 Å². The quantitative estimate of drug-likeness (QED) is 0.453. The Hall–Kier alpha value is -2.83. The molecule has 0 aliphatic carbocycles. The molecule has 7 heteroatoms. The van der Waals surface area contributed by atoms with Crippen LogP contribution in [0.4, 0.5) is 5.69 Å². The van der Waals surface area contributed by atoms with Crippen LogP contribution in [0.2, 0.25) is 0 Å². The summed E-state index contributed by atoms with van der Waals surface area (Å²) in [6, 6.07) is 5.62. The number of ether oxygens (including phenoxy) is 1. The van der Waals surface area contributed by atoms with E-state index in [0.29, 0.717) is 12.1 Å². The standard InChI is InChI=1S/C18H21N3O4/c1-11(2)17-19-15(18(3,4)5)9-16(20-17)25-14-8-12(10-22)6-7-13(14)21(23)24/h6-11H,1-5H3. The fraction of sp³-hybridized carbons (Fsp3) is 0.389. The van der Waals surface area contributed by atoms with Crippen molar-refractivity contribution in [1.82, 2.24) is 9.97 Å². The van der Waals surface area contributed by atoms with Gasteiger partial charge in [-0.3, -0.25) is 14.9 Å². The van der Waals surface area contributed by atoms with E-state index in [1.54, 1.807) is 6.07 Å². The molecule has 0 amide bonds. The van der Waals surface area contributed by atoms with E-state index in [2.05, 4.69) is 9.97 Å². The average Bonchev–Trinajstić information content (AvgIpc) is 2.53. The molecule has 0 spiro atoms. The Morgan fingerprint density at radius 1 is 1.20 bits per heavy atom. The second-order valence-electron chi connectivity index (χ2n) is 7.06. The Morgan fingerprint density at radius 3 is 2.40 bits per heavy atom. The fourth-order valence-corrected chi connectivity index (χ4v) is 2.09. The number of aldehydes is 1. The van der Waals surface area contributed by atoms with Crippen molar-refractivity contribution in [1.29, 1.82) is 0 Å². The number of benzene rings is 1. The summed E-state index contributed by atoms with van der Waals surface area (Å²) in [6.45, 7) is 9.96. The van der Waals surface area contributed by atoms with Crippen molar-refractivity contribution in [3.63, 3.8) is 0 Å². The molecule has 25 heavy (non-hydrogen) atoms. The summed E-state index contributed by atoms with van der Waals surface area (Å²) in [7, 11) is 0. The van der Waals surface area contributed by atoms with Gasteiger partial charge >= 0.3 is 5.69 Å². The second kappa shape index (κ2) is 6.96. The van der Waals surface area contributed by atoms with Gasteiger partial charge in [0.2, 0.25) is 11.6 Å². The van der Waals surface area contributed by atoms with Crippen molar-refractivity contribution in [3.8, 4) is 11.6 Å². The van der Waals surface area contributed by atoms with Crippen molar-refractivity contribution in [2.75, 3.05) is 0 Å². The molecule has 1 aromatic carbocycles. The smallest absolute Gasteiger partial charge is 0.311 e. The molecule has 0 unspecified atom stereocenters. The van der Waals surface area contributed by atoms with Gasteiger partial charge in [0.1, 0.15) is 12.1 Å². The Morgan fingerprint density at radius 2 is 1.88 bits per heavy atom. The zero-order chi connectivity index (χ0) is 18.8. The van der Waals surface area contributed by atoms with Crippen LogP contribution in [0.15, 0.2) is 24.3 Å². The zero-order valence-corrected chi connectivity index (χ0v) is 14.9. The zero-order valence-electron chi connectivity index (χ0n) is 14.9. The number of nitro benzene ring substituents is 1. The highest BCUT2D eigenvalue weighted by molar-refractivity contribution is 5.77. The highest BCUT2D eigenvalue weighted by Crippen LogP contribution is 2.33. The van der Waals surface area contributed by atoms with E-state index in [1.807, 2.05) is 34.6 Å². The third-order valence-electron chi connectivity index (χ3n) is 3.54. The Kier molecular flexibility index (Phi) is 5.15. The number of carbonyl (C=O) groups is 1. The molecule has 2 aromatic rings. The third-order valence-corrected chi connectivity index (χ3v) is 3.54. The van der Waals surface area contributed by atoms with E-state index in [0.717, 1.165) is 5.69 Å². The van der Waals surface area contributed by atoms with Crippen LogP contribution in [0.1, 0.15) is 62.4 Å². The summed E-state index contributed by atoms with van der Waals surface area (Å²) in [6.07, 6.45) is 0.608. The van der Waals surface area contributed by atoms with Crippen LogP contribution in [0, 0.1) is 10.1 Å². The van der Waals surface area contributed by atoms with Gasteiger partial charge in [-0.15, -0.1) is 0 Å². The Bertz CT molecular complexity index is 810. The number of rotatable bonds is 5. The lowest BCUT2D eigenvalue weighted by Crippen LogP contribution is -2.16. The van der Waals surface area contributed by atoms with Gasteiger partial charge in [-0.25, -0.2) is 4.98 Å². The van der Waals surface area contributed by atoms with Crippen LogP contribution in [-0.4, -0.2) is 21.2 Å². The summed E-state index contributed by atoms with van der Waals surface area (Å²) < 4.78 is 5.69. The molecule has 0 saturated carbocycles. The molecule has 7 nitrogen and oxygen atoms in total. The van der Waals surface area contributed by atoms with E-state index >= 15 is 0 Å². The van der Waals surface area contributed by atoms with Gasteiger partial charge in [-0.1, -0.05) is 34.6 Å². The van der Waals surface area contributed by atoms with E-state index in [9.17, 15) is 14.9 Å². The van der Waals surface area contributed by atoms with Gasteiger partial charge in [0.05, 0.1) is 10.6 Å². The lowest BCUT2D eigenvalue weighted by atomic mass is 9.92. The van der Waals surface area contributed by atoms with Gasteiger partial charge in [0, 0.05) is 29.0 Å². The molecule has 1 aromatic heterocycles. The number of nitrogens with zero attached hydrogens (tertiary/aromatic N) is 3. The molecular weight excluding hydrogens is 322 g/mol. The van der Waals surface area contributed by atoms with Crippen molar-refractivity contribution < 1.29 is 14.5 Å². The van der Waals surface area contributed by atoms with Gasteiger partial charge in [-0.2, -0.15) is 4.98 Å². The fourth-order valence-electron chi connectivity index (χ4n) is 2.09. The topological polar surface area (TPSA) is 95.2 Å². The monoisotopic (exact) mass is 343 g/mol. The van der Waals surface area contributed by atoms with Crippen molar-refractivity contribution in [2.24, 2.45) is 0 Å². The minimum atomic E-state index is -0.556. The number of hydrogen-bond donors (Lipinski definition) is 0. The maximum absolute atomic E-state index is 11.2. The summed E-state index contributed by atoms with van der Waals surface area (Å²) in [4.78, 5) is 30.5. The highest BCUT2D eigenvalue weighted by Gasteiger charge is 2.22. The van der Waals surface area contributed by atoms with Crippen LogP contribution >= 0.6 is 0 Å². The first-order chi connectivity index (χ1) is 11.6. The van der Waals surface area contributed by atoms with Gasteiger partial charge in [-0.05, 0) is 12.1 Å². The summed E-state index contributed by atoms with van der Waals surface area (Å²) in [5, 5.41) is 11.2. The Balaban J connectivity index is 2.54. The first-order valence-corrected chi connectivity index (χ1v) is 7.92. The van der Waals surface area contributed by atoms with Gasteiger partial charge < -0.3 is 4.74 Å². The van der Waals surface area contributed by atoms with Crippen LogP contribution < -0.4 is 4.74 Å². The number of carbonyl (C=O) groups excluding carboxylic acids is 1. The average molecular weight is 343 g/mol. The minimum absolute atomic E-state index is 0.0251. The number of hydrogen-bond acceptors (Lipinski definition) is 6. The van der Waals surface area contributed by atoms with Crippen LogP contribution in [0.25, 0.3) is 0 Å². The maximum Gasteiger partial charge on any atom is 0.311 e. The molecule has 0 fully saturated rings. The summed E-state index contributed by atoms with van der Waals surface area (Å²) in [5.41, 5.74) is 0.596. The molecule has 2 rings (SSSR count). The van der Waals surface area contributed by atoms with E-state index < -0.39 is 4.92 Å². The second-order valence-corrected chi connectivity index (χ2v) is 7.06. The predicted octanol–water partition coefficient (Wildman–Crippen LogP) is 4.41. The molecule has 132 valence electrons. The molecule has 0 radical (unpaired) electrons. The molecule has 0 N–H and O–H groups in total. The predicted molar refractivity (Wildman–Crippen MR) is 93.4 cm³/mol. The van der Waals surface area contributed by atoms with E-state index in [-0.39, 0.29) is 34.2 Å². The number of aromatic nitrogens is 2. The molecule has 0 atom stereocenters. The van der Waals surface area contributed by atoms with Crippen molar-refractivity contribution in [3.05, 3.63) is 51.5 Å². The molecule has 0 saturated heterocycles. The summed E-state index contributed by atoms with van der Waals surface area (Å²) >= 11 is 0. The van der Waals surface area contributed by atoms with Gasteiger partial charge in [0.15, 0.2) is 0 Å². The molecule has 1 heterocycles. The van der Waals surface area contributed by atoms with Crippen LogP contribution in [0.5, 0.6) is 11.6 Å². The lowest BCUT2D eigenvalue weighted by molar-refractivity contribution is -0.385. The van der Waals surface area contributed by atoms with Crippen LogP contribution in [0.3, 0.4) is 0 Å².